The summed E-state index contributed by atoms with van der Waals surface area (Å²) in [6.45, 7) is 4.29. The molecule has 0 fully saturated rings. The highest BCUT2D eigenvalue weighted by molar-refractivity contribution is 5.30. The average molecular weight is 299 g/mol. The van der Waals surface area contributed by atoms with Crippen molar-refractivity contribution in [2.75, 3.05) is 33.5 Å². The zero-order chi connectivity index (χ0) is 15.5. The summed E-state index contributed by atoms with van der Waals surface area (Å²) in [5.74, 6) is 0.257. The molecule has 1 atom stereocenters. The largest absolute Gasteiger partial charge is 0.493 e. The summed E-state index contributed by atoms with van der Waals surface area (Å²) < 4.78 is 29.3. The van der Waals surface area contributed by atoms with E-state index < -0.39 is 0 Å². The van der Waals surface area contributed by atoms with Gasteiger partial charge in [-0.2, -0.15) is 0 Å². The monoisotopic (exact) mass is 299 g/mol. The molecular formula is C16H26FNO3. The third-order valence-corrected chi connectivity index (χ3v) is 3.09. The van der Waals surface area contributed by atoms with E-state index in [4.69, 9.17) is 19.9 Å². The zero-order valence-corrected chi connectivity index (χ0v) is 12.9. The lowest BCUT2D eigenvalue weighted by Gasteiger charge is -2.11. The van der Waals surface area contributed by atoms with Gasteiger partial charge in [-0.15, -0.1) is 0 Å². The molecule has 2 N–H and O–H groups in total. The Morgan fingerprint density at radius 2 is 1.95 bits per heavy atom. The van der Waals surface area contributed by atoms with Crippen molar-refractivity contribution < 1.29 is 18.6 Å². The fourth-order valence-electron chi connectivity index (χ4n) is 1.86. The smallest absolute Gasteiger partial charge is 0.127 e. The maximum Gasteiger partial charge on any atom is 0.127 e. The van der Waals surface area contributed by atoms with Crippen molar-refractivity contribution in [1.29, 1.82) is 0 Å². The maximum absolute atomic E-state index is 13.5. The number of nitrogens with two attached hydrogens (primary N) is 1. The fraction of sp³-hybridized carbons (Fsp3) is 0.625. The highest BCUT2D eigenvalue weighted by Gasteiger charge is 2.06. The van der Waals surface area contributed by atoms with E-state index in [0.29, 0.717) is 38.6 Å². The second kappa shape index (κ2) is 10.5. The quantitative estimate of drug-likeness (QED) is 0.638. The van der Waals surface area contributed by atoms with Gasteiger partial charge >= 0.3 is 0 Å². The van der Waals surface area contributed by atoms with Gasteiger partial charge in [-0.25, -0.2) is 4.39 Å². The van der Waals surface area contributed by atoms with E-state index in [1.165, 1.54) is 12.1 Å². The van der Waals surface area contributed by atoms with Crippen LogP contribution in [-0.4, -0.2) is 39.6 Å². The molecule has 5 heteroatoms. The molecule has 120 valence electrons. The van der Waals surface area contributed by atoms with Crippen LogP contribution in [0.25, 0.3) is 0 Å². The number of hydrogen-bond acceptors (Lipinski definition) is 4. The summed E-state index contributed by atoms with van der Waals surface area (Å²) in [6, 6.07) is 4.81. The van der Waals surface area contributed by atoms with Crippen molar-refractivity contribution in [3.8, 4) is 5.75 Å². The lowest BCUT2D eigenvalue weighted by atomic mass is 10.0. The van der Waals surface area contributed by atoms with Crippen LogP contribution in [0.3, 0.4) is 0 Å². The topological polar surface area (TPSA) is 53.7 Å². The van der Waals surface area contributed by atoms with Crippen molar-refractivity contribution in [1.82, 2.24) is 0 Å². The van der Waals surface area contributed by atoms with Gasteiger partial charge in [0.15, 0.2) is 0 Å². The molecule has 21 heavy (non-hydrogen) atoms. The maximum atomic E-state index is 13.5. The number of rotatable bonds is 11. The van der Waals surface area contributed by atoms with Crippen LogP contribution in [-0.2, 0) is 15.9 Å². The Morgan fingerprint density at radius 1 is 1.14 bits per heavy atom. The van der Waals surface area contributed by atoms with Crippen LogP contribution in [0.5, 0.6) is 5.75 Å². The molecule has 1 aromatic carbocycles. The predicted octanol–water partition coefficient (Wildman–Crippen LogP) is 2.54. The van der Waals surface area contributed by atoms with Crippen LogP contribution in [0.15, 0.2) is 18.2 Å². The van der Waals surface area contributed by atoms with Crippen molar-refractivity contribution in [2.24, 2.45) is 5.73 Å². The second-order valence-corrected chi connectivity index (χ2v) is 4.97. The fourth-order valence-corrected chi connectivity index (χ4v) is 1.86. The van der Waals surface area contributed by atoms with Gasteiger partial charge in [0, 0.05) is 32.2 Å². The molecule has 4 nitrogen and oxygen atoms in total. The Hall–Kier alpha value is -1.17. The molecule has 0 radical (unpaired) electrons. The van der Waals surface area contributed by atoms with Gasteiger partial charge in [0.05, 0.1) is 19.8 Å². The summed E-state index contributed by atoms with van der Waals surface area (Å²) in [4.78, 5) is 0. The summed E-state index contributed by atoms with van der Waals surface area (Å²) in [7, 11) is 1.64. The van der Waals surface area contributed by atoms with Gasteiger partial charge in [-0.05, 0) is 30.5 Å². The van der Waals surface area contributed by atoms with E-state index in [9.17, 15) is 4.39 Å². The average Bonchev–Trinajstić information content (AvgIpc) is 2.45. The first-order valence-corrected chi connectivity index (χ1v) is 7.40. The molecule has 0 saturated carbocycles. The minimum Gasteiger partial charge on any atom is -0.493 e. The normalized spacial score (nSPS) is 12.4. The van der Waals surface area contributed by atoms with E-state index >= 15 is 0 Å². The molecule has 0 aliphatic heterocycles. The van der Waals surface area contributed by atoms with Crippen molar-refractivity contribution in [2.45, 2.75) is 32.2 Å². The third kappa shape index (κ3) is 7.99. The molecule has 1 aromatic rings. The minimum atomic E-state index is -0.290. The predicted molar refractivity (Wildman–Crippen MR) is 81.2 cm³/mol. The van der Waals surface area contributed by atoms with Crippen LogP contribution in [0.1, 0.15) is 25.3 Å². The molecule has 1 rings (SSSR count). The van der Waals surface area contributed by atoms with Gasteiger partial charge in [-0.1, -0.05) is 6.92 Å². The first kappa shape index (κ1) is 17.9. The molecule has 0 bridgehead atoms. The second-order valence-electron chi connectivity index (χ2n) is 4.97. The molecule has 1 unspecified atom stereocenters. The Morgan fingerprint density at radius 3 is 2.67 bits per heavy atom. The molecule has 0 saturated heterocycles. The molecule has 0 aromatic heterocycles. The molecule has 0 heterocycles. The minimum absolute atomic E-state index is 0.0498. The van der Waals surface area contributed by atoms with Crippen molar-refractivity contribution in [3.05, 3.63) is 29.6 Å². The number of halogens is 1. The molecule has 0 aliphatic carbocycles. The number of hydrogen-bond donors (Lipinski definition) is 1. The van der Waals surface area contributed by atoms with Gasteiger partial charge in [-0.3, -0.25) is 0 Å². The lowest BCUT2D eigenvalue weighted by molar-refractivity contribution is 0.0644. The van der Waals surface area contributed by atoms with Gasteiger partial charge in [0.2, 0.25) is 0 Å². The van der Waals surface area contributed by atoms with E-state index in [1.54, 1.807) is 7.11 Å². The molecule has 0 aliphatic rings. The summed E-state index contributed by atoms with van der Waals surface area (Å²) in [5.41, 5.74) is 6.77. The van der Waals surface area contributed by atoms with Crippen LogP contribution in [0.4, 0.5) is 4.39 Å². The molecular weight excluding hydrogens is 273 g/mol. The highest BCUT2D eigenvalue weighted by atomic mass is 19.1. The standard InChI is InChI=1S/C16H26FNO3/c1-3-15(18)10-13-9-14(17)12-16(11-13)21-6-4-5-20-8-7-19-2/h9,11-12,15H,3-8,10,18H2,1-2H3. The Bertz CT molecular complexity index is 401. The summed E-state index contributed by atoms with van der Waals surface area (Å²) in [5, 5.41) is 0. The van der Waals surface area contributed by atoms with Gasteiger partial charge in [0.1, 0.15) is 11.6 Å². The summed E-state index contributed by atoms with van der Waals surface area (Å²) >= 11 is 0. The van der Waals surface area contributed by atoms with Crippen molar-refractivity contribution >= 4 is 0 Å². The zero-order valence-electron chi connectivity index (χ0n) is 12.9. The third-order valence-electron chi connectivity index (χ3n) is 3.09. The van der Waals surface area contributed by atoms with Crippen LogP contribution in [0.2, 0.25) is 0 Å². The van der Waals surface area contributed by atoms with Crippen molar-refractivity contribution in [3.63, 3.8) is 0 Å². The van der Waals surface area contributed by atoms with E-state index in [-0.39, 0.29) is 11.9 Å². The van der Waals surface area contributed by atoms with Gasteiger partial charge < -0.3 is 19.9 Å². The Labute approximate surface area is 126 Å². The Kier molecular flexibility index (Phi) is 8.98. The Balaban J connectivity index is 2.34. The molecule has 0 spiro atoms. The van der Waals surface area contributed by atoms with Gasteiger partial charge in [0.25, 0.3) is 0 Å². The highest BCUT2D eigenvalue weighted by Crippen LogP contribution is 2.18. The number of methoxy groups -OCH3 is 1. The first-order chi connectivity index (χ1) is 10.2. The van der Waals surface area contributed by atoms with Crippen LogP contribution < -0.4 is 10.5 Å². The van der Waals surface area contributed by atoms with E-state index in [2.05, 4.69) is 0 Å². The molecule has 0 amide bonds. The lowest BCUT2D eigenvalue weighted by Crippen LogP contribution is -2.21. The van der Waals surface area contributed by atoms with E-state index in [1.807, 2.05) is 13.0 Å². The van der Waals surface area contributed by atoms with E-state index in [0.717, 1.165) is 18.4 Å². The summed E-state index contributed by atoms with van der Waals surface area (Å²) in [6.07, 6.45) is 2.28. The number of benzene rings is 1. The number of ether oxygens (including phenoxy) is 3. The SMILES string of the molecule is CCC(N)Cc1cc(F)cc(OCCCOCCOC)c1. The first-order valence-electron chi connectivity index (χ1n) is 7.40. The van der Waals surface area contributed by atoms with Crippen LogP contribution in [0, 0.1) is 5.82 Å². The van der Waals surface area contributed by atoms with Crippen LogP contribution >= 0.6 is 0 Å².